The maximum absolute atomic E-state index is 12.2. The van der Waals surface area contributed by atoms with Gasteiger partial charge in [-0.2, -0.15) is 0 Å². The van der Waals surface area contributed by atoms with Gasteiger partial charge in [-0.05, 0) is 12.8 Å². The van der Waals surface area contributed by atoms with Gasteiger partial charge in [-0.15, -0.1) is 0 Å². The van der Waals surface area contributed by atoms with E-state index in [2.05, 4.69) is 24.7 Å². The summed E-state index contributed by atoms with van der Waals surface area (Å²) in [7, 11) is 8.15. The second-order valence-electron chi connectivity index (χ2n) is 10.3. The van der Waals surface area contributed by atoms with Crippen molar-refractivity contribution < 1.29 is 52.7 Å². The van der Waals surface area contributed by atoms with Crippen LogP contribution in [0.2, 0.25) is 0 Å². The lowest BCUT2D eigenvalue weighted by molar-refractivity contribution is -0.943. The monoisotopic (exact) mass is 600 g/mol. The van der Waals surface area contributed by atoms with Crippen molar-refractivity contribution in [3.05, 3.63) is 0 Å². The molecular weight excluding hydrogens is 548 g/mol. The molecule has 0 spiro atoms. The predicted octanol–water partition coefficient (Wildman–Crippen LogP) is -0.899. The Morgan fingerprint density at radius 1 is 0.515 bits per heavy atom. The summed E-state index contributed by atoms with van der Waals surface area (Å²) in [6.45, 7) is 6.13. The van der Waals surface area contributed by atoms with Gasteiger partial charge < -0.3 is 34.0 Å². The van der Waals surface area contributed by atoms with Gasteiger partial charge in [0.2, 0.25) is 0 Å². The van der Waals surface area contributed by atoms with Gasteiger partial charge in [0.25, 0.3) is 11.8 Å². The molecule has 200 valence electrons. The Morgan fingerprint density at radius 2 is 0.818 bits per heavy atom. The summed E-state index contributed by atoms with van der Waals surface area (Å²) in [6.07, 6.45) is 16.5. The first kappa shape index (κ1) is 37.4. The Kier molecular flexibility index (Phi) is 25.2. The van der Waals surface area contributed by atoms with Crippen LogP contribution in [0.4, 0.5) is 0 Å². The predicted molar refractivity (Wildman–Crippen MR) is 131 cm³/mol. The third kappa shape index (κ3) is 24.7. The number of carbonyl (C=O) groups excluding carboxylic acids is 2. The molecule has 33 heavy (non-hydrogen) atoms. The van der Waals surface area contributed by atoms with Crippen LogP contribution < -0.4 is 44.8 Å². The largest absolute Gasteiger partial charge is 1.00 e. The van der Waals surface area contributed by atoms with Crippen LogP contribution in [0.25, 0.3) is 0 Å². The molecule has 8 heteroatoms. The molecule has 0 rings (SSSR count). The number of amides is 2. The van der Waals surface area contributed by atoms with Gasteiger partial charge in [-0.1, -0.05) is 78.1 Å². The fourth-order valence-electron chi connectivity index (χ4n) is 3.89. The molecule has 0 radical (unpaired) electrons. The third-order valence-electron chi connectivity index (χ3n) is 5.80. The lowest BCUT2D eigenvalue weighted by atomic mass is 10.1. The summed E-state index contributed by atoms with van der Waals surface area (Å²) in [5.74, 6) is 0.281. The number of carbonyl (C=O) groups is 2. The first-order valence-electron chi connectivity index (χ1n) is 12.9. The Balaban J connectivity index is -0.00000450. The van der Waals surface area contributed by atoms with E-state index in [1.54, 1.807) is 0 Å². The molecule has 0 atom stereocenters. The molecule has 6 nitrogen and oxygen atoms in total. The molecule has 0 aromatic rings. The van der Waals surface area contributed by atoms with Crippen molar-refractivity contribution in [2.75, 3.05) is 41.3 Å². The summed E-state index contributed by atoms with van der Waals surface area (Å²) in [6, 6.07) is 0. The number of quaternary nitrogens is 2. The van der Waals surface area contributed by atoms with Crippen LogP contribution in [0.15, 0.2) is 0 Å². The summed E-state index contributed by atoms with van der Waals surface area (Å²) in [5.41, 5.74) is 6.28. The lowest BCUT2D eigenvalue weighted by Crippen LogP contribution is -3.00. The van der Waals surface area contributed by atoms with Gasteiger partial charge >= 0.3 is 0 Å². The van der Waals surface area contributed by atoms with Crippen molar-refractivity contribution in [1.29, 1.82) is 0 Å². The van der Waals surface area contributed by atoms with E-state index in [0.29, 0.717) is 22.0 Å². The van der Waals surface area contributed by atoms with E-state index < -0.39 is 0 Å². The molecule has 0 aliphatic heterocycles. The summed E-state index contributed by atoms with van der Waals surface area (Å²) < 4.78 is 0.973. The summed E-state index contributed by atoms with van der Waals surface area (Å²) in [5, 5.41) is 0. The van der Waals surface area contributed by atoms with Crippen LogP contribution in [0.5, 0.6) is 0 Å². The molecule has 0 saturated carbocycles. The number of hydrogen-bond donors (Lipinski definition) is 2. The number of nitrogens with zero attached hydrogens (tertiary/aromatic N) is 2. The fraction of sp³-hybridized carbons (Fsp3) is 0.920. The van der Waals surface area contributed by atoms with Gasteiger partial charge in [0.15, 0.2) is 0 Å². The SMILES string of the molecule is CCCCCCCCC(=O)N[N+](C)(C)CCC[N+](C)(C)NC(=O)CCCCCCCC.[Br-].[Br-]. The molecule has 0 aromatic carbocycles. The maximum Gasteiger partial charge on any atom is 0.264 e. The zero-order valence-electron chi connectivity index (χ0n) is 22.5. The van der Waals surface area contributed by atoms with Crippen LogP contribution in [0.1, 0.15) is 110 Å². The first-order valence-corrected chi connectivity index (χ1v) is 12.9. The van der Waals surface area contributed by atoms with Gasteiger partial charge in [0, 0.05) is 12.8 Å². The van der Waals surface area contributed by atoms with Gasteiger partial charge in [0.1, 0.15) is 13.1 Å². The van der Waals surface area contributed by atoms with Gasteiger partial charge in [-0.25, -0.2) is 20.0 Å². The van der Waals surface area contributed by atoms with Crippen LogP contribution in [0, 0.1) is 0 Å². The molecule has 0 aromatic heterocycles. The van der Waals surface area contributed by atoms with E-state index in [-0.39, 0.29) is 45.8 Å². The highest BCUT2D eigenvalue weighted by atomic mass is 79.9. The van der Waals surface area contributed by atoms with Crippen LogP contribution >= 0.6 is 0 Å². The molecule has 0 saturated heterocycles. The Hall–Kier alpha value is -0.180. The van der Waals surface area contributed by atoms with Crippen molar-refractivity contribution in [3.8, 4) is 0 Å². The smallest absolute Gasteiger partial charge is 0.264 e. The molecular formula is C25H54Br2N4O2. The normalized spacial score (nSPS) is 11.3. The average molecular weight is 603 g/mol. The Morgan fingerprint density at radius 3 is 1.15 bits per heavy atom. The van der Waals surface area contributed by atoms with E-state index in [9.17, 15) is 9.59 Å². The number of rotatable bonds is 20. The molecule has 0 fully saturated rings. The fourth-order valence-corrected chi connectivity index (χ4v) is 3.89. The minimum atomic E-state index is 0. The quantitative estimate of drug-likeness (QED) is 0.108. The highest BCUT2D eigenvalue weighted by Crippen LogP contribution is 2.09. The second kappa shape index (κ2) is 22.3. The van der Waals surface area contributed by atoms with E-state index in [0.717, 1.165) is 45.2 Å². The molecule has 0 heterocycles. The van der Waals surface area contributed by atoms with Crippen LogP contribution in [-0.4, -0.2) is 62.3 Å². The van der Waals surface area contributed by atoms with E-state index in [1.165, 1.54) is 51.4 Å². The lowest BCUT2D eigenvalue weighted by Gasteiger charge is -2.32. The maximum atomic E-state index is 12.2. The minimum absolute atomic E-state index is 0. The Bertz CT molecular complexity index is 447. The van der Waals surface area contributed by atoms with Crippen molar-refractivity contribution >= 4 is 11.8 Å². The second-order valence-corrected chi connectivity index (χ2v) is 10.3. The number of unbranched alkanes of at least 4 members (excludes halogenated alkanes) is 10. The molecule has 2 N–H and O–H groups in total. The zero-order valence-corrected chi connectivity index (χ0v) is 25.7. The molecule has 0 unspecified atom stereocenters. The number of hydrogen-bond acceptors (Lipinski definition) is 2. The molecule has 0 bridgehead atoms. The average Bonchev–Trinajstić information content (AvgIpc) is 2.66. The standard InChI is InChI=1S/C25H52N4O2.2BrH/c1-7-9-11-13-15-17-20-24(30)26-28(3,4)22-19-23-29(5,6)27-25(31)21-18-16-14-12-10-8-2;;/h7-23H2,1-6H3;2*1H. The number of halogens is 2. The summed E-state index contributed by atoms with van der Waals surface area (Å²) >= 11 is 0. The van der Waals surface area contributed by atoms with Crippen molar-refractivity contribution in [1.82, 2.24) is 10.9 Å². The van der Waals surface area contributed by atoms with Gasteiger partial charge in [0.05, 0.1) is 34.6 Å². The first-order chi connectivity index (χ1) is 14.6. The van der Waals surface area contributed by atoms with Crippen LogP contribution in [-0.2, 0) is 9.59 Å². The highest BCUT2D eigenvalue weighted by molar-refractivity contribution is 5.74. The molecule has 0 aliphatic carbocycles. The van der Waals surface area contributed by atoms with Gasteiger partial charge in [-0.3, -0.25) is 9.59 Å². The van der Waals surface area contributed by atoms with Crippen molar-refractivity contribution in [2.45, 2.75) is 110 Å². The van der Waals surface area contributed by atoms with E-state index >= 15 is 0 Å². The zero-order chi connectivity index (χ0) is 23.6. The number of nitrogens with one attached hydrogen (secondary N) is 2. The molecule has 2 amide bonds. The minimum Gasteiger partial charge on any atom is -1.00 e. The molecule has 0 aliphatic rings. The van der Waals surface area contributed by atoms with Crippen molar-refractivity contribution in [2.24, 2.45) is 0 Å². The third-order valence-corrected chi connectivity index (χ3v) is 5.80. The Labute approximate surface area is 226 Å². The van der Waals surface area contributed by atoms with Crippen LogP contribution in [0.3, 0.4) is 0 Å². The van der Waals surface area contributed by atoms with Crippen molar-refractivity contribution in [3.63, 3.8) is 0 Å². The van der Waals surface area contributed by atoms with E-state index in [4.69, 9.17) is 0 Å². The highest BCUT2D eigenvalue weighted by Gasteiger charge is 2.23. The summed E-state index contributed by atoms with van der Waals surface area (Å²) in [4.78, 5) is 24.5. The topological polar surface area (TPSA) is 58.2 Å². The van der Waals surface area contributed by atoms with E-state index in [1.807, 2.05) is 28.2 Å².